The van der Waals surface area contributed by atoms with Crippen LogP contribution in [0.15, 0.2) is 71.7 Å². The summed E-state index contributed by atoms with van der Waals surface area (Å²) < 4.78 is 47.7. The maximum absolute atomic E-state index is 14.1. The van der Waals surface area contributed by atoms with Crippen molar-refractivity contribution in [1.82, 2.24) is 9.97 Å². The van der Waals surface area contributed by atoms with E-state index in [0.717, 1.165) is 22.9 Å². The summed E-state index contributed by atoms with van der Waals surface area (Å²) in [5.41, 5.74) is 9.42. The topological polar surface area (TPSA) is 98.3 Å². The van der Waals surface area contributed by atoms with Crippen LogP contribution in [0.3, 0.4) is 0 Å². The number of nitrogens with zero attached hydrogens (tertiary/aromatic N) is 2. The van der Waals surface area contributed by atoms with Gasteiger partial charge in [0, 0.05) is 11.1 Å². The van der Waals surface area contributed by atoms with Crippen LogP contribution in [0.2, 0.25) is 0 Å². The molecule has 0 aliphatic rings. The lowest BCUT2D eigenvalue weighted by Crippen LogP contribution is -2.32. The van der Waals surface area contributed by atoms with E-state index in [0.29, 0.717) is 16.8 Å². The average molecular weight is 514 g/mol. The summed E-state index contributed by atoms with van der Waals surface area (Å²) in [6.07, 6.45) is -4.27. The van der Waals surface area contributed by atoms with Crippen LogP contribution in [0.25, 0.3) is 22.4 Å². The van der Waals surface area contributed by atoms with Crippen molar-refractivity contribution in [3.8, 4) is 28.3 Å². The van der Waals surface area contributed by atoms with Crippen molar-refractivity contribution in [2.75, 3.05) is 0 Å². The Balaban J connectivity index is 1.56. The van der Waals surface area contributed by atoms with Crippen LogP contribution < -0.4 is 10.5 Å². The lowest BCUT2D eigenvalue weighted by Gasteiger charge is -2.23. The Morgan fingerprint density at radius 1 is 1.06 bits per heavy atom. The first-order valence-electron chi connectivity index (χ1n) is 10.9. The summed E-state index contributed by atoms with van der Waals surface area (Å²) >= 11 is 1.42. The molecule has 0 bridgehead atoms. The minimum absolute atomic E-state index is 0.00691. The molecule has 36 heavy (non-hydrogen) atoms. The van der Waals surface area contributed by atoms with Gasteiger partial charge in [-0.25, -0.2) is 9.97 Å². The third-order valence-corrected chi connectivity index (χ3v) is 6.44. The van der Waals surface area contributed by atoms with E-state index in [2.05, 4.69) is 9.97 Å². The average Bonchev–Trinajstić information content (AvgIpc) is 3.28. The Kier molecular flexibility index (Phi) is 7.37. The molecule has 4 rings (SSSR count). The minimum atomic E-state index is -4.69. The molecular weight excluding hydrogens is 491 g/mol. The Morgan fingerprint density at radius 2 is 1.78 bits per heavy atom. The van der Waals surface area contributed by atoms with Gasteiger partial charge in [0.2, 0.25) is 12.0 Å². The quantitative estimate of drug-likeness (QED) is 0.308. The maximum atomic E-state index is 14.1. The number of aliphatic carboxylic acids is 1. The highest BCUT2D eigenvalue weighted by Crippen LogP contribution is 2.41. The molecule has 0 fully saturated rings. The zero-order chi connectivity index (χ0) is 25.9. The SMILES string of the molecule is Cc1cscc1-c1ccccc1C(Oc1cnc(-c2ccc(C[C@H](N)C(=O)O)cc2)cn1)C(F)(F)F. The van der Waals surface area contributed by atoms with Crippen LogP contribution in [-0.2, 0) is 11.2 Å². The first-order chi connectivity index (χ1) is 17.1. The van der Waals surface area contributed by atoms with Crippen LogP contribution in [0, 0.1) is 6.92 Å². The summed E-state index contributed by atoms with van der Waals surface area (Å²) in [6, 6.07) is 12.1. The first kappa shape index (κ1) is 25.3. The number of thiophene rings is 1. The number of benzene rings is 2. The van der Waals surface area contributed by atoms with E-state index in [1.165, 1.54) is 23.6 Å². The van der Waals surface area contributed by atoms with Gasteiger partial charge in [-0.3, -0.25) is 4.79 Å². The van der Waals surface area contributed by atoms with Crippen LogP contribution in [0.1, 0.15) is 22.8 Å². The van der Waals surface area contributed by atoms with Gasteiger partial charge >= 0.3 is 12.1 Å². The second-order valence-electron chi connectivity index (χ2n) is 8.18. The number of hydrogen-bond acceptors (Lipinski definition) is 6. The molecule has 0 saturated heterocycles. The van der Waals surface area contributed by atoms with Gasteiger partial charge in [-0.1, -0.05) is 48.5 Å². The zero-order valence-electron chi connectivity index (χ0n) is 19.1. The summed E-state index contributed by atoms with van der Waals surface area (Å²) in [4.78, 5) is 19.2. The molecule has 0 saturated carbocycles. The number of carboxylic acid groups (broad SMARTS) is 1. The lowest BCUT2D eigenvalue weighted by atomic mass is 9.95. The van der Waals surface area contributed by atoms with Crippen LogP contribution >= 0.6 is 11.3 Å². The number of aromatic nitrogens is 2. The first-order valence-corrected chi connectivity index (χ1v) is 11.8. The molecule has 1 unspecified atom stereocenters. The molecule has 0 aliphatic heterocycles. The van der Waals surface area contributed by atoms with Crippen molar-refractivity contribution in [3.63, 3.8) is 0 Å². The van der Waals surface area contributed by atoms with Gasteiger partial charge in [-0.05, 0) is 46.4 Å². The van der Waals surface area contributed by atoms with E-state index >= 15 is 0 Å². The Bertz CT molecular complexity index is 1340. The standard InChI is InChI=1S/C26H22F3N3O3S/c1-15-13-36-14-20(15)18-4-2-3-5-19(18)24(26(27,28)29)35-23-12-31-22(11-32-23)17-8-6-16(7-9-17)10-21(30)25(33)34/h2-9,11-14,21,24H,10,30H2,1H3,(H,33,34)/t21-,24?/m0/s1. The van der Waals surface area contributed by atoms with Crippen molar-refractivity contribution in [1.29, 1.82) is 0 Å². The highest BCUT2D eigenvalue weighted by molar-refractivity contribution is 7.08. The lowest BCUT2D eigenvalue weighted by molar-refractivity contribution is -0.198. The number of rotatable bonds is 8. The van der Waals surface area contributed by atoms with Crippen molar-refractivity contribution in [2.45, 2.75) is 31.7 Å². The second kappa shape index (κ2) is 10.5. The molecule has 0 radical (unpaired) electrons. The summed E-state index contributed by atoms with van der Waals surface area (Å²) in [7, 11) is 0. The van der Waals surface area contributed by atoms with Crippen molar-refractivity contribution in [3.05, 3.63) is 88.4 Å². The van der Waals surface area contributed by atoms with Gasteiger partial charge in [0.1, 0.15) is 6.04 Å². The fourth-order valence-corrected chi connectivity index (χ4v) is 4.56. The van der Waals surface area contributed by atoms with Gasteiger partial charge in [0.05, 0.1) is 18.1 Å². The number of aryl methyl sites for hydroxylation is 1. The molecule has 2 heterocycles. The smallest absolute Gasteiger partial charge is 0.429 e. The van der Waals surface area contributed by atoms with Gasteiger partial charge in [-0.15, -0.1) is 0 Å². The number of ether oxygens (including phenoxy) is 1. The fraction of sp³-hybridized carbons (Fsp3) is 0.192. The van der Waals surface area contributed by atoms with Crippen LogP contribution in [0.5, 0.6) is 5.88 Å². The largest absolute Gasteiger partial charge is 0.480 e. The number of alkyl halides is 3. The number of nitrogens with two attached hydrogens (primary N) is 1. The molecular formula is C26H22F3N3O3S. The predicted molar refractivity (Wildman–Crippen MR) is 131 cm³/mol. The predicted octanol–water partition coefficient (Wildman–Crippen LogP) is 5.82. The Hall–Kier alpha value is -3.76. The molecule has 4 aromatic rings. The molecule has 2 atom stereocenters. The van der Waals surface area contributed by atoms with Gasteiger partial charge in [0.15, 0.2) is 0 Å². The third kappa shape index (κ3) is 5.72. The van der Waals surface area contributed by atoms with Crippen LogP contribution in [-0.4, -0.2) is 33.3 Å². The van der Waals surface area contributed by atoms with Crippen LogP contribution in [0.4, 0.5) is 13.2 Å². The highest BCUT2D eigenvalue weighted by atomic mass is 32.1. The number of halogens is 3. The fourth-order valence-electron chi connectivity index (χ4n) is 3.71. The van der Waals surface area contributed by atoms with E-state index in [4.69, 9.17) is 15.6 Å². The molecule has 0 spiro atoms. The highest BCUT2D eigenvalue weighted by Gasteiger charge is 2.44. The Morgan fingerprint density at radius 3 is 2.36 bits per heavy atom. The summed E-state index contributed by atoms with van der Waals surface area (Å²) in [5.74, 6) is -1.35. The van der Waals surface area contributed by atoms with Crippen molar-refractivity contribution < 1.29 is 27.8 Å². The van der Waals surface area contributed by atoms with E-state index in [1.54, 1.807) is 42.5 Å². The van der Waals surface area contributed by atoms with Crippen molar-refractivity contribution in [2.24, 2.45) is 5.73 Å². The van der Waals surface area contributed by atoms with E-state index in [1.807, 2.05) is 17.7 Å². The van der Waals surface area contributed by atoms with Gasteiger partial charge in [0.25, 0.3) is 0 Å². The Labute approximate surface area is 209 Å². The second-order valence-corrected chi connectivity index (χ2v) is 8.92. The molecule has 3 N–H and O–H groups in total. The van der Waals surface area contributed by atoms with E-state index in [9.17, 15) is 18.0 Å². The van der Waals surface area contributed by atoms with E-state index < -0.39 is 24.3 Å². The number of carboxylic acids is 1. The molecule has 0 amide bonds. The van der Waals surface area contributed by atoms with Gasteiger partial charge < -0.3 is 15.6 Å². The monoisotopic (exact) mass is 513 g/mol. The maximum Gasteiger partial charge on any atom is 0.429 e. The van der Waals surface area contributed by atoms with Gasteiger partial charge in [-0.2, -0.15) is 24.5 Å². The normalized spacial score (nSPS) is 13.2. The molecule has 2 aromatic carbocycles. The molecule has 186 valence electrons. The number of hydrogen-bond donors (Lipinski definition) is 2. The molecule has 0 aliphatic carbocycles. The third-order valence-electron chi connectivity index (χ3n) is 5.58. The molecule has 6 nitrogen and oxygen atoms in total. The van der Waals surface area contributed by atoms with Crippen molar-refractivity contribution >= 4 is 17.3 Å². The number of carbonyl (C=O) groups is 1. The summed E-state index contributed by atoms with van der Waals surface area (Å²) in [5, 5.41) is 12.6. The zero-order valence-corrected chi connectivity index (χ0v) is 19.9. The minimum Gasteiger partial charge on any atom is -0.480 e. The summed E-state index contributed by atoms with van der Waals surface area (Å²) in [6.45, 7) is 1.85. The molecule has 10 heteroatoms. The molecule has 2 aromatic heterocycles. The van der Waals surface area contributed by atoms with E-state index in [-0.39, 0.29) is 17.9 Å².